The van der Waals surface area contributed by atoms with Crippen LogP contribution in [-0.4, -0.2) is 22.2 Å². The van der Waals surface area contributed by atoms with E-state index in [1.54, 1.807) is 6.92 Å². The number of aliphatic carboxylic acids is 2. The second-order valence-corrected chi connectivity index (χ2v) is 3.92. The molecule has 0 saturated carbocycles. The zero-order chi connectivity index (χ0) is 13.0. The van der Waals surface area contributed by atoms with E-state index in [0.717, 1.165) is 5.56 Å². The molecule has 0 bridgehead atoms. The predicted octanol–water partition coefficient (Wildman–Crippen LogP) is 2.10. The Labute approximate surface area is 97.7 Å². The lowest BCUT2D eigenvalue weighted by Crippen LogP contribution is -2.24. The molecular formula is C12H13FO4. The van der Waals surface area contributed by atoms with Gasteiger partial charge in [0, 0.05) is 0 Å². The first kappa shape index (κ1) is 13.2. The lowest BCUT2D eigenvalue weighted by molar-refractivity contribution is -0.154. The van der Waals surface area contributed by atoms with E-state index in [0.29, 0.717) is 0 Å². The summed E-state index contributed by atoms with van der Waals surface area (Å²) in [6.07, 6.45) is -0.0176. The topological polar surface area (TPSA) is 74.6 Å². The normalized spacial score (nSPS) is 12.4. The Hall–Kier alpha value is -1.91. The van der Waals surface area contributed by atoms with E-state index in [-0.39, 0.29) is 18.2 Å². The summed E-state index contributed by atoms with van der Waals surface area (Å²) >= 11 is 0. The molecule has 0 aliphatic heterocycles. The van der Waals surface area contributed by atoms with Gasteiger partial charge in [-0.2, -0.15) is 0 Å². The summed E-state index contributed by atoms with van der Waals surface area (Å²) in [5.41, 5.74) is 0.721. The molecule has 2 N–H and O–H groups in total. The fourth-order valence-electron chi connectivity index (χ4n) is 1.59. The largest absolute Gasteiger partial charge is 0.481 e. The maximum atomic E-state index is 12.7. The van der Waals surface area contributed by atoms with Gasteiger partial charge in [0.15, 0.2) is 5.92 Å². The van der Waals surface area contributed by atoms with E-state index >= 15 is 0 Å². The number of benzene rings is 1. The van der Waals surface area contributed by atoms with Crippen LogP contribution in [-0.2, 0) is 9.59 Å². The first-order valence-electron chi connectivity index (χ1n) is 5.13. The minimum atomic E-state index is -1.44. The number of carboxylic acids is 2. The molecule has 0 fully saturated rings. The van der Waals surface area contributed by atoms with Gasteiger partial charge in [0.2, 0.25) is 0 Å². The molecule has 0 aliphatic carbocycles. The molecule has 1 rings (SSSR count). The van der Waals surface area contributed by atoms with Gasteiger partial charge < -0.3 is 10.2 Å². The highest BCUT2D eigenvalue weighted by atomic mass is 19.1. The van der Waals surface area contributed by atoms with Crippen LogP contribution >= 0.6 is 0 Å². The van der Waals surface area contributed by atoms with Crippen molar-refractivity contribution in [2.24, 2.45) is 5.92 Å². The minimum absolute atomic E-state index is 0.0176. The van der Waals surface area contributed by atoms with Gasteiger partial charge in [-0.25, -0.2) is 4.39 Å². The van der Waals surface area contributed by atoms with Gasteiger partial charge in [0.05, 0.1) is 0 Å². The zero-order valence-corrected chi connectivity index (χ0v) is 9.26. The molecule has 17 heavy (non-hydrogen) atoms. The predicted molar refractivity (Wildman–Crippen MR) is 58.2 cm³/mol. The van der Waals surface area contributed by atoms with E-state index in [1.807, 2.05) is 0 Å². The van der Waals surface area contributed by atoms with Crippen LogP contribution in [0.3, 0.4) is 0 Å². The molecule has 92 valence electrons. The maximum Gasteiger partial charge on any atom is 0.317 e. The van der Waals surface area contributed by atoms with Crippen LogP contribution in [0.5, 0.6) is 0 Å². The summed E-state index contributed by atoms with van der Waals surface area (Å²) in [5, 5.41) is 17.5. The van der Waals surface area contributed by atoms with Crippen LogP contribution in [0.2, 0.25) is 0 Å². The van der Waals surface area contributed by atoms with Crippen molar-refractivity contribution < 1.29 is 24.2 Å². The standard InChI is InChI=1S/C12H13FO4/c1-7(6-10(11(14)15)12(16)17)8-2-4-9(13)5-3-8/h2-5,7,10H,6H2,1H3,(H,14,15)(H,16,17). The molecule has 5 heteroatoms. The van der Waals surface area contributed by atoms with Crippen molar-refractivity contribution in [3.05, 3.63) is 35.6 Å². The van der Waals surface area contributed by atoms with Gasteiger partial charge in [0.25, 0.3) is 0 Å². The molecule has 1 unspecified atom stereocenters. The van der Waals surface area contributed by atoms with Gasteiger partial charge in [-0.1, -0.05) is 19.1 Å². The third-order valence-electron chi connectivity index (χ3n) is 2.62. The van der Waals surface area contributed by atoms with Crippen LogP contribution in [0.4, 0.5) is 4.39 Å². The van der Waals surface area contributed by atoms with Crippen molar-refractivity contribution in [3.8, 4) is 0 Å². The number of hydrogen-bond acceptors (Lipinski definition) is 2. The fraction of sp³-hybridized carbons (Fsp3) is 0.333. The van der Waals surface area contributed by atoms with Crippen LogP contribution in [0.15, 0.2) is 24.3 Å². The molecule has 1 aromatic rings. The molecule has 1 aromatic carbocycles. The van der Waals surface area contributed by atoms with Crippen LogP contribution in [0.25, 0.3) is 0 Å². The van der Waals surface area contributed by atoms with Crippen molar-refractivity contribution in [1.29, 1.82) is 0 Å². The maximum absolute atomic E-state index is 12.7. The zero-order valence-electron chi connectivity index (χ0n) is 9.26. The summed E-state index contributed by atoms with van der Waals surface area (Å²) < 4.78 is 12.7. The Morgan fingerprint density at radius 3 is 2.06 bits per heavy atom. The third kappa shape index (κ3) is 3.55. The molecule has 0 aliphatic rings. The first-order chi connectivity index (χ1) is 7.91. The molecule has 4 nitrogen and oxygen atoms in total. The highest BCUT2D eigenvalue weighted by Crippen LogP contribution is 2.24. The lowest BCUT2D eigenvalue weighted by Gasteiger charge is -2.14. The Morgan fingerprint density at radius 1 is 1.18 bits per heavy atom. The van der Waals surface area contributed by atoms with Gasteiger partial charge >= 0.3 is 11.9 Å². The van der Waals surface area contributed by atoms with E-state index in [4.69, 9.17) is 10.2 Å². The Bertz CT molecular complexity index is 399. The van der Waals surface area contributed by atoms with Crippen molar-refractivity contribution in [2.45, 2.75) is 19.3 Å². The van der Waals surface area contributed by atoms with Gasteiger partial charge in [0.1, 0.15) is 5.82 Å². The highest BCUT2D eigenvalue weighted by Gasteiger charge is 2.28. The van der Waals surface area contributed by atoms with Crippen LogP contribution < -0.4 is 0 Å². The molecule has 0 aromatic heterocycles. The average Bonchev–Trinajstić information content (AvgIpc) is 2.25. The van der Waals surface area contributed by atoms with E-state index < -0.39 is 17.9 Å². The summed E-state index contributed by atoms with van der Waals surface area (Å²) in [6, 6.07) is 5.59. The van der Waals surface area contributed by atoms with Crippen molar-refractivity contribution >= 4 is 11.9 Å². The highest BCUT2D eigenvalue weighted by molar-refractivity contribution is 5.92. The fourth-order valence-corrected chi connectivity index (χ4v) is 1.59. The average molecular weight is 240 g/mol. The van der Waals surface area contributed by atoms with Crippen molar-refractivity contribution in [2.75, 3.05) is 0 Å². The van der Waals surface area contributed by atoms with Gasteiger partial charge in [-0.3, -0.25) is 9.59 Å². The van der Waals surface area contributed by atoms with Gasteiger partial charge in [-0.15, -0.1) is 0 Å². The molecule has 0 heterocycles. The van der Waals surface area contributed by atoms with E-state index in [2.05, 4.69) is 0 Å². The number of carbonyl (C=O) groups is 2. The van der Waals surface area contributed by atoms with Gasteiger partial charge in [-0.05, 0) is 30.0 Å². The van der Waals surface area contributed by atoms with E-state index in [9.17, 15) is 14.0 Å². The Balaban J connectivity index is 2.77. The lowest BCUT2D eigenvalue weighted by atomic mass is 9.90. The molecular weight excluding hydrogens is 227 g/mol. The summed E-state index contributed by atoms with van der Waals surface area (Å²) in [4.78, 5) is 21.4. The Morgan fingerprint density at radius 2 is 1.65 bits per heavy atom. The molecule has 1 atom stereocenters. The smallest absolute Gasteiger partial charge is 0.317 e. The summed E-state index contributed by atoms with van der Waals surface area (Å²) in [6.45, 7) is 1.71. The second-order valence-electron chi connectivity index (χ2n) is 3.92. The summed E-state index contributed by atoms with van der Waals surface area (Å²) in [5.74, 6) is -4.78. The monoisotopic (exact) mass is 240 g/mol. The number of carboxylic acid groups (broad SMARTS) is 2. The van der Waals surface area contributed by atoms with Crippen LogP contribution in [0, 0.1) is 11.7 Å². The third-order valence-corrected chi connectivity index (χ3v) is 2.62. The number of rotatable bonds is 5. The second kappa shape index (κ2) is 5.43. The number of halogens is 1. The summed E-state index contributed by atoms with van der Waals surface area (Å²) in [7, 11) is 0. The van der Waals surface area contributed by atoms with Crippen molar-refractivity contribution in [3.63, 3.8) is 0 Å². The Kier molecular flexibility index (Phi) is 4.20. The van der Waals surface area contributed by atoms with E-state index in [1.165, 1.54) is 24.3 Å². The molecule has 0 radical (unpaired) electrons. The molecule has 0 saturated heterocycles. The van der Waals surface area contributed by atoms with Crippen LogP contribution in [0.1, 0.15) is 24.8 Å². The quantitative estimate of drug-likeness (QED) is 0.773. The minimum Gasteiger partial charge on any atom is -0.481 e. The SMILES string of the molecule is CC(CC(C(=O)O)C(=O)O)c1ccc(F)cc1. The molecule has 0 spiro atoms. The first-order valence-corrected chi connectivity index (χ1v) is 5.13. The molecule has 0 amide bonds. The van der Waals surface area contributed by atoms with Crippen molar-refractivity contribution in [1.82, 2.24) is 0 Å². The number of hydrogen-bond donors (Lipinski definition) is 2.